The largest absolute Gasteiger partial charge is 0.480 e. The van der Waals surface area contributed by atoms with Gasteiger partial charge in [0.25, 0.3) is 0 Å². The molecule has 0 radical (unpaired) electrons. The number of carbonyl (C=O) groups is 3. The number of aldehydes is 1. The molecule has 1 unspecified atom stereocenters. The second-order valence-electron chi connectivity index (χ2n) is 3.56. The van der Waals surface area contributed by atoms with Crippen molar-refractivity contribution in [2.45, 2.75) is 19.9 Å². The number of hydrogen-bond acceptors (Lipinski definition) is 3. The Balaban J connectivity index is 4.35. The molecule has 0 saturated heterocycles. The number of nitrogens with one attached hydrogen (secondary N) is 1. The minimum Gasteiger partial charge on any atom is -0.480 e. The summed E-state index contributed by atoms with van der Waals surface area (Å²) < 4.78 is 0. The molecule has 0 aliphatic carbocycles. The van der Waals surface area contributed by atoms with E-state index in [1.54, 1.807) is 13.8 Å². The minimum atomic E-state index is -1.09. The van der Waals surface area contributed by atoms with E-state index in [0.717, 1.165) is 4.90 Å². The van der Waals surface area contributed by atoms with Crippen LogP contribution in [-0.2, 0) is 9.59 Å². The molecule has 0 bridgehead atoms. The highest BCUT2D eigenvalue weighted by molar-refractivity contribution is 5.83. The number of carboxylic acids is 1. The lowest BCUT2D eigenvalue weighted by Gasteiger charge is -2.21. The van der Waals surface area contributed by atoms with E-state index in [9.17, 15) is 14.4 Å². The summed E-state index contributed by atoms with van der Waals surface area (Å²) in [6.07, 6.45) is 0.574. The maximum absolute atomic E-state index is 11.3. The van der Waals surface area contributed by atoms with Crippen LogP contribution in [-0.4, -0.2) is 47.9 Å². The standard InChI is InChI=1S/C9H16N2O4/c1-6(2)7(8(13)14)10-9(15)11(3)4-5-12/h5-7H,4H2,1-3H3,(H,10,15)(H,13,14). The van der Waals surface area contributed by atoms with Crippen LogP contribution in [0.15, 0.2) is 0 Å². The van der Waals surface area contributed by atoms with Gasteiger partial charge >= 0.3 is 12.0 Å². The summed E-state index contributed by atoms with van der Waals surface area (Å²) in [4.78, 5) is 33.4. The molecule has 1 atom stereocenters. The first-order chi connectivity index (χ1) is 6.90. The fourth-order valence-corrected chi connectivity index (χ4v) is 0.951. The molecule has 6 nitrogen and oxygen atoms in total. The van der Waals surface area contributed by atoms with Gasteiger partial charge in [0.1, 0.15) is 12.3 Å². The van der Waals surface area contributed by atoms with Gasteiger partial charge in [-0.15, -0.1) is 0 Å². The fraction of sp³-hybridized carbons (Fsp3) is 0.667. The number of urea groups is 1. The van der Waals surface area contributed by atoms with Crippen molar-refractivity contribution in [3.63, 3.8) is 0 Å². The van der Waals surface area contributed by atoms with E-state index in [1.165, 1.54) is 7.05 Å². The second-order valence-corrected chi connectivity index (χ2v) is 3.56. The maximum Gasteiger partial charge on any atom is 0.326 e. The highest BCUT2D eigenvalue weighted by Gasteiger charge is 2.24. The Morgan fingerprint density at radius 3 is 2.33 bits per heavy atom. The molecular weight excluding hydrogens is 200 g/mol. The first-order valence-electron chi connectivity index (χ1n) is 4.58. The zero-order valence-corrected chi connectivity index (χ0v) is 9.06. The Hall–Kier alpha value is -1.59. The van der Waals surface area contributed by atoms with Crippen LogP contribution in [0.1, 0.15) is 13.8 Å². The van der Waals surface area contributed by atoms with Crippen molar-refractivity contribution in [1.82, 2.24) is 10.2 Å². The van der Waals surface area contributed by atoms with E-state index >= 15 is 0 Å². The van der Waals surface area contributed by atoms with Gasteiger partial charge < -0.3 is 20.1 Å². The van der Waals surface area contributed by atoms with Crippen LogP contribution in [0.5, 0.6) is 0 Å². The predicted octanol–water partition coefficient (Wildman–Crippen LogP) is -0.0641. The van der Waals surface area contributed by atoms with Gasteiger partial charge in [-0.1, -0.05) is 13.8 Å². The Morgan fingerprint density at radius 2 is 2.00 bits per heavy atom. The molecule has 0 aromatic heterocycles. The molecule has 6 heteroatoms. The molecule has 0 spiro atoms. The van der Waals surface area contributed by atoms with Crippen LogP contribution < -0.4 is 5.32 Å². The van der Waals surface area contributed by atoms with Crippen LogP contribution >= 0.6 is 0 Å². The smallest absolute Gasteiger partial charge is 0.326 e. The van der Waals surface area contributed by atoms with E-state index in [2.05, 4.69) is 5.32 Å². The number of nitrogens with zero attached hydrogens (tertiary/aromatic N) is 1. The van der Waals surface area contributed by atoms with Gasteiger partial charge in [-0.05, 0) is 5.92 Å². The van der Waals surface area contributed by atoms with Gasteiger partial charge in [0.05, 0.1) is 6.54 Å². The van der Waals surface area contributed by atoms with Crippen molar-refractivity contribution < 1.29 is 19.5 Å². The maximum atomic E-state index is 11.3. The van der Waals surface area contributed by atoms with Crippen molar-refractivity contribution in [3.8, 4) is 0 Å². The number of rotatable bonds is 5. The molecule has 2 N–H and O–H groups in total. The Labute approximate surface area is 88.2 Å². The summed E-state index contributed by atoms with van der Waals surface area (Å²) in [6, 6.07) is -1.50. The van der Waals surface area contributed by atoms with E-state index in [-0.39, 0.29) is 12.5 Å². The summed E-state index contributed by atoms with van der Waals surface area (Å²) in [5.41, 5.74) is 0. The lowest BCUT2D eigenvalue weighted by atomic mass is 10.1. The summed E-state index contributed by atoms with van der Waals surface area (Å²) in [5.74, 6) is -1.30. The number of aliphatic carboxylic acids is 1. The van der Waals surface area contributed by atoms with Crippen molar-refractivity contribution in [1.29, 1.82) is 0 Å². The van der Waals surface area contributed by atoms with Crippen molar-refractivity contribution in [2.24, 2.45) is 5.92 Å². The average molecular weight is 216 g/mol. The molecule has 15 heavy (non-hydrogen) atoms. The molecule has 86 valence electrons. The number of amides is 2. The normalized spacial score (nSPS) is 12.0. The average Bonchev–Trinajstić information content (AvgIpc) is 2.12. The number of carbonyl (C=O) groups excluding carboxylic acids is 2. The van der Waals surface area contributed by atoms with Gasteiger partial charge in [-0.2, -0.15) is 0 Å². The predicted molar refractivity (Wildman–Crippen MR) is 53.5 cm³/mol. The van der Waals surface area contributed by atoms with Crippen molar-refractivity contribution in [3.05, 3.63) is 0 Å². The first kappa shape index (κ1) is 13.4. The third-order valence-electron chi connectivity index (χ3n) is 1.91. The summed E-state index contributed by atoms with van der Waals surface area (Å²) in [7, 11) is 1.42. The summed E-state index contributed by atoms with van der Waals surface area (Å²) >= 11 is 0. The SMILES string of the molecule is CC(C)C(NC(=O)N(C)CC=O)C(=O)O. The lowest BCUT2D eigenvalue weighted by Crippen LogP contribution is -2.49. The molecule has 0 heterocycles. The zero-order chi connectivity index (χ0) is 12.0. The van der Waals surface area contributed by atoms with Crippen molar-refractivity contribution in [2.75, 3.05) is 13.6 Å². The Morgan fingerprint density at radius 1 is 1.47 bits per heavy atom. The van der Waals surface area contributed by atoms with E-state index < -0.39 is 18.0 Å². The number of hydrogen-bond donors (Lipinski definition) is 2. The molecule has 0 aromatic carbocycles. The van der Waals surface area contributed by atoms with Crippen LogP contribution in [0, 0.1) is 5.92 Å². The van der Waals surface area contributed by atoms with Gasteiger partial charge in [0, 0.05) is 7.05 Å². The van der Waals surface area contributed by atoms with Crippen molar-refractivity contribution >= 4 is 18.3 Å². The third kappa shape index (κ3) is 4.44. The van der Waals surface area contributed by atoms with Crippen LogP contribution in [0.3, 0.4) is 0 Å². The number of likely N-dealkylation sites (N-methyl/N-ethyl adjacent to an activating group) is 1. The van der Waals surface area contributed by atoms with Gasteiger partial charge in [0.2, 0.25) is 0 Å². The quantitative estimate of drug-likeness (QED) is 0.630. The molecule has 0 aliphatic heterocycles. The van der Waals surface area contributed by atoms with E-state index in [1.807, 2.05) is 0 Å². The first-order valence-corrected chi connectivity index (χ1v) is 4.58. The molecule has 0 saturated carbocycles. The van der Waals surface area contributed by atoms with Crippen LogP contribution in [0.4, 0.5) is 4.79 Å². The number of carboxylic acid groups (broad SMARTS) is 1. The second kappa shape index (κ2) is 6.00. The van der Waals surface area contributed by atoms with Gasteiger partial charge in [-0.25, -0.2) is 9.59 Å². The molecule has 0 aliphatic rings. The fourth-order valence-electron chi connectivity index (χ4n) is 0.951. The highest BCUT2D eigenvalue weighted by atomic mass is 16.4. The monoisotopic (exact) mass is 216 g/mol. The third-order valence-corrected chi connectivity index (χ3v) is 1.91. The van der Waals surface area contributed by atoms with E-state index in [4.69, 9.17) is 5.11 Å². The molecular formula is C9H16N2O4. The Kier molecular flexibility index (Phi) is 5.36. The molecule has 0 aromatic rings. The lowest BCUT2D eigenvalue weighted by molar-refractivity contribution is -0.140. The van der Waals surface area contributed by atoms with E-state index in [0.29, 0.717) is 6.29 Å². The minimum absolute atomic E-state index is 0.0593. The van der Waals surface area contributed by atoms with Gasteiger partial charge in [-0.3, -0.25) is 0 Å². The topological polar surface area (TPSA) is 86.7 Å². The Bertz CT molecular complexity index is 252. The van der Waals surface area contributed by atoms with Gasteiger partial charge in [0.15, 0.2) is 0 Å². The summed E-state index contributed by atoms with van der Waals surface area (Å²) in [6.45, 7) is 3.33. The van der Waals surface area contributed by atoms with Crippen LogP contribution in [0.25, 0.3) is 0 Å². The summed E-state index contributed by atoms with van der Waals surface area (Å²) in [5, 5.41) is 11.1. The zero-order valence-electron chi connectivity index (χ0n) is 9.06. The van der Waals surface area contributed by atoms with Crippen LogP contribution in [0.2, 0.25) is 0 Å². The molecule has 0 rings (SSSR count). The highest BCUT2D eigenvalue weighted by Crippen LogP contribution is 2.02. The molecule has 0 fully saturated rings. The molecule has 2 amide bonds.